The average Bonchev–Trinajstić information content (AvgIpc) is 2.37. The number of benzene rings is 1. The Labute approximate surface area is 116 Å². The first-order chi connectivity index (χ1) is 9.19. The van der Waals surface area contributed by atoms with Crippen LogP contribution in [0.5, 0.6) is 5.88 Å². The summed E-state index contributed by atoms with van der Waals surface area (Å²) in [5.41, 5.74) is 6.56. The molecule has 0 saturated heterocycles. The van der Waals surface area contributed by atoms with Crippen molar-refractivity contribution >= 4 is 17.4 Å². The number of hydrogen-bond acceptors (Lipinski definition) is 5. The fraction of sp³-hybridized carbons (Fsp3) is 0.231. The lowest BCUT2D eigenvalue weighted by Crippen LogP contribution is -2.05. The van der Waals surface area contributed by atoms with Crippen LogP contribution in [0.4, 0.5) is 5.82 Å². The molecule has 1 aromatic heterocycles. The van der Waals surface area contributed by atoms with E-state index < -0.39 is 0 Å². The van der Waals surface area contributed by atoms with Gasteiger partial charge in [0.2, 0.25) is 5.88 Å². The van der Waals surface area contributed by atoms with E-state index in [0.717, 1.165) is 5.56 Å². The number of anilines is 1. The maximum atomic E-state index is 6.05. The van der Waals surface area contributed by atoms with E-state index in [1.807, 2.05) is 24.3 Å². The summed E-state index contributed by atoms with van der Waals surface area (Å²) < 4.78 is 10.5. The number of methoxy groups -OCH3 is 1. The van der Waals surface area contributed by atoms with Crippen LogP contribution in [0.15, 0.2) is 30.3 Å². The van der Waals surface area contributed by atoms with Crippen LogP contribution in [0, 0.1) is 0 Å². The van der Waals surface area contributed by atoms with Crippen molar-refractivity contribution in [2.45, 2.75) is 13.2 Å². The lowest BCUT2D eigenvalue weighted by Gasteiger charge is -2.08. The van der Waals surface area contributed by atoms with Gasteiger partial charge in [0.25, 0.3) is 0 Å². The SMILES string of the molecule is COCc1nc(N)cc(OCc2ccccc2Cl)n1. The summed E-state index contributed by atoms with van der Waals surface area (Å²) in [7, 11) is 1.57. The predicted octanol–water partition coefficient (Wildman–Crippen LogP) is 2.44. The first-order valence-electron chi connectivity index (χ1n) is 5.67. The lowest BCUT2D eigenvalue weighted by molar-refractivity contribution is 0.176. The second-order valence-corrected chi connectivity index (χ2v) is 4.27. The normalized spacial score (nSPS) is 10.4. The highest BCUT2D eigenvalue weighted by Crippen LogP contribution is 2.18. The molecule has 5 nitrogen and oxygen atoms in total. The smallest absolute Gasteiger partial charge is 0.219 e. The molecule has 0 radical (unpaired) electrons. The Morgan fingerprint density at radius 2 is 2.00 bits per heavy atom. The number of halogens is 1. The second kappa shape index (κ2) is 6.36. The van der Waals surface area contributed by atoms with Crippen LogP contribution in [0.3, 0.4) is 0 Å². The van der Waals surface area contributed by atoms with Gasteiger partial charge in [0, 0.05) is 23.8 Å². The third-order valence-corrected chi connectivity index (χ3v) is 2.74. The van der Waals surface area contributed by atoms with Crippen LogP contribution in [-0.4, -0.2) is 17.1 Å². The van der Waals surface area contributed by atoms with Crippen molar-refractivity contribution in [3.05, 3.63) is 46.7 Å². The Morgan fingerprint density at radius 1 is 1.21 bits per heavy atom. The Balaban J connectivity index is 2.09. The van der Waals surface area contributed by atoms with E-state index in [9.17, 15) is 0 Å². The van der Waals surface area contributed by atoms with Gasteiger partial charge in [-0.1, -0.05) is 29.8 Å². The molecular formula is C13H14ClN3O2. The van der Waals surface area contributed by atoms with Crippen molar-refractivity contribution in [3.8, 4) is 5.88 Å². The van der Waals surface area contributed by atoms with E-state index in [1.54, 1.807) is 13.2 Å². The molecule has 0 bridgehead atoms. The molecule has 19 heavy (non-hydrogen) atoms. The van der Waals surface area contributed by atoms with Crippen molar-refractivity contribution in [1.82, 2.24) is 9.97 Å². The summed E-state index contributed by atoms with van der Waals surface area (Å²) in [4.78, 5) is 8.22. The number of rotatable bonds is 5. The van der Waals surface area contributed by atoms with Gasteiger partial charge in [-0.2, -0.15) is 4.98 Å². The van der Waals surface area contributed by atoms with E-state index >= 15 is 0 Å². The Morgan fingerprint density at radius 3 is 2.74 bits per heavy atom. The summed E-state index contributed by atoms with van der Waals surface area (Å²) in [5, 5.41) is 0.654. The third kappa shape index (κ3) is 3.81. The maximum Gasteiger partial charge on any atom is 0.219 e. The molecule has 1 heterocycles. The highest BCUT2D eigenvalue weighted by molar-refractivity contribution is 6.31. The lowest BCUT2D eigenvalue weighted by atomic mass is 10.2. The molecule has 0 amide bonds. The summed E-state index contributed by atoms with van der Waals surface area (Å²) in [5.74, 6) is 1.23. The van der Waals surface area contributed by atoms with Crippen molar-refractivity contribution < 1.29 is 9.47 Å². The molecule has 0 aliphatic heterocycles. The van der Waals surface area contributed by atoms with E-state index in [4.69, 9.17) is 26.8 Å². The van der Waals surface area contributed by atoms with Crippen LogP contribution in [0.1, 0.15) is 11.4 Å². The molecule has 0 saturated carbocycles. The second-order valence-electron chi connectivity index (χ2n) is 3.86. The van der Waals surface area contributed by atoms with Crippen molar-refractivity contribution in [3.63, 3.8) is 0 Å². The number of nitrogen functional groups attached to an aromatic ring is 1. The van der Waals surface area contributed by atoms with Crippen molar-refractivity contribution in [2.24, 2.45) is 0 Å². The zero-order valence-electron chi connectivity index (χ0n) is 10.5. The first-order valence-corrected chi connectivity index (χ1v) is 6.05. The fourth-order valence-corrected chi connectivity index (χ4v) is 1.72. The van der Waals surface area contributed by atoms with Crippen LogP contribution in [0.2, 0.25) is 5.02 Å². The molecule has 100 valence electrons. The van der Waals surface area contributed by atoms with Crippen LogP contribution in [-0.2, 0) is 18.0 Å². The third-order valence-electron chi connectivity index (χ3n) is 2.38. The van der Waals surface area contributed by atoms with Gasteiger partial charge < -0.3 is 15.2 Å². The van der Waals surface area contributed by atoms with Crippen LogP contribution in [0.25, 0.3) is 0 Å². The van der Waals surface area contributed by atoms with Gasteiger partial charge in [0.15, 0.2) is 5.82 Å². The predicted molar refractivity (Wildman–Crippen MR) is 72.9 cm³/mol. The van der Waals surface area contributed by atoms with Gasteiger partial charge in [0.1, 0.15) is 19.0 Å². The van der Waals surface area contributed by atoms with Gasteiger partial charge in [-0.15, -0.1) is 0 Å². The van der Waals surface area contributed by atoms with Gasteiger partial charge >= 0.3 is 0 Å². The molecule has 2 rings (SSSR count). The number of nitrogens with two attached hydrogens (primary N) is 1. The minimum atomic E-state index is 0.285. The van der Waals surface area contributed by atoms with Gasteiger partial charge in [-0.25, -0.2) is 4.98 Å². The molecule has 0 spiro atoms. The van der Waals surface area contributed by atoms with Gasteiger partial charge in [-0.3, -0.25) is 0 Å². The highest BCUT2D eigenvalue weighted by Gasteiger charge is 2.05. The monoisotopic (exact) mass is 279 g/mol. The zero-order valence-corrected chi connectivity index (χ0v) is 11.2. The molecule has 1 aromatic carbocycles. The molecule has 2 aromatic rings. The minimum Gasteiger partial charge on any atom is -0.473 e. The summed E-state index contributed by atoms with van der Waals surface area (Å²) in [6.07, 6.45) is 0. The number of nitrogens with zero attached hydrogens (tertiary/aromatic N) is 2. The Bertz CT molecular complexity index is 563. The standard InChI is InChI=1S/C13H14ClN3O2/c1-18-8-12-16-11(15)6-13(17-12)19-7-9-4-2-3-5-10(9)14/h2-6H,7-8H2,1H3,(H2,15,16,17). The molecule has 0 unspecified atom stereocenters. The van der Waals surface area contributed by atoms with E-state index in [0.29, 0.717) is 29.2 Å². The topological polar surface area (TPSA) is 70.3 Å². The highest BCUT2D eigenvalue weighted by atomic mass is 35.5. The summed E-state index contributed by atoms with van der Waals surface area (Å²) in [6.45, 7) is 0.607. The first kappa shape index (κ1) is 13.6. The van der Waals surface area contributed by atoms with Gasteiger partial charge in [-0.05, 0) is 6.07 Å². The quantitative estimate of drug-likeness (QED) is 0.910. The van der Waals surface area contributed by atoms with Crippen LogP contribution >= 0.6 is 11.6 Å². The molecule has 0 atom stereocenters. The van der Waals surface area contributed by atoms with E-state index in [-0.39, 0.29) is 6.61 Å². The van der Waals surface area contributed by atoms with E-state index in [2.05, 4.69) is 9.97 Å². The van der Waals surface area contributed by atoms with E-state index in [1.165, 1.54) is 0 Å². The average molecular weight is 280 g/mol. The number of hydrogen-bond donors (Lipinski definition) is 1. The Hall–Kier alpha value is -1.85. The molecular weight excluding hydrogens is 266 g/mol. The van der Waals surface area contributed by atoms with Crippen molar-refractivity contribution in [2.75, 3.05) is 12.8 Å². The minimum absolute atomic E-state index is 0.285. The van der Waals surface area contributed by atoms with Crippen molar-refractivity contribution in [1.29, 1.82) is 0 Å². The molecule has 0 fully saturated rings. The molecule has 0 aliphatic carbocycles. The number of aromatic nitrogens is 2. The largest absolute Gasteiger partial charge is 0.473 e. The maximum absolute atomic E-state index is 6.05. The fourth-order valence-electron chi connectivity index (χ4n) is 1.53. The molecule has 0 aliphatic rings. The summed E-state index contributed by atoms with van der Waals surface area (Å²) >= 11 is 6.05. The molecule has 6 heteroatoms. The zero-order chi connectivity index (χ0) is 13.7. The number of ether oxygens (including phenoxy) is 2. The molecule has 2 N–H and O–H groups in total. The summed E-state index contributed by atoms with van der Waals surface area (Å²) in [6, 6.07) is 9.03. The van der Waals surface area contributed by atoms with Crippen LogP contribution < -0.4 is 10.5 Å². The van der Waals surface area contributed by atoms with Gasteiger partial charge in [0.05, 0.1) is 0 Å². The Kier molecular flexibility index (Phi) is 4.54.